The molecule has 0 spiro atoms. The molecule has 1 atom stereocenters. The Morgan fingerprint density at radius 2 is 2.21 bits per heavy atom. The van der Waals surface area contributed by atoms with Crippen LogP contribution in [0.15, 0.2) is 12.7 Å². The fraction of sp³-hybridized carbons (Fsp3) is 0.583. The van der Waals surface area contributed by atoms with Gasteiger partial charge in [-0.15, -0.1) is 0 Å². The van der Waals surface area contributed by atoms with Gasteiger partial charge in [0, 0.05) is 13.6 Å². The number of aldehydes is 1. The van der Waals surface area contributed by atoms with Gasteiger partial charge in [0.2, 0.25) is 0 Å². The molecule has 6 nitrogen and oxygen atoms in total. The third-order valence-electron chi connectivity index (χ3n) is 2.42. The fourth-order valence-electron chi connectivity index (χ4n) is 1.28. The summed E-state index contributed by atoms with van der Waals surface area (Å²) < 4.78 is 4.83. The van der Waals surface area contributed by atoms with Crippen molar-refractivity contribution in [1.82, 2.24) is 10.2 Å². The zero-order chi connectivity index (χ0) is 14.0. The van der Waals surface area contributed by atoms with Gasteiger partial charge >= 0.3 is 6.09 Å². The van der Waals surface area contributed by atoms with E-state index < -0.39 is 11.6 Å². The molecule has 0 aliphatic carbocycles. The Labute approximate surface area is 107 Å². The Morgan fingerprint density at radius 1 is 1.58 bits per heavy atom. The van der Waals surface area contributed by atoms with Crippen LogP contribution in [0.3, 0.4) is 0 Å². The van der Waals surface area contributed by atoms with Crippen LogP contribution in [0.2, 0.25) is 0 Å². The monoisotopic (exact) mass is 512 g/mol. The third-order valence-corrected chi connectivity index (χ3v) is 2.42. The number of hydrogen-bond donors (Lipinski definition) is 1. The molecule has 7 heteroatoms. The van der Waals surface area contributed by atoms with E-state index in [1.165, 1.54) is 17.4 Å². The summed E-state index contributed by atoms with van der Waals surface area (Å²) in [6, 6.07) is 0. The van der Waals surface area contributed by atoms with Crippen molar-refractivity contribution < 1.29 is 19.1 Å². The van der Waals surface area contributed by atoms with E-state index >= 15 is 0 Å². The molecule has 0 radical (unpaired) electrons. The smallest absolute Gasteiger partial charge is 0.409 e. The molecule has 0 saturated carbocycles. The third kappa shape index (κ3) is 7.14. The van der Waals surface area contributed by atoms with E-state index in [4.69, 9.17) is 4.74 Å². The van der Waals surface area contributed by atoms with Crippen molar-refractivity contribution in [3.05, 3.63) is 12.7 Å². The first-order chi connectivity index (χ1) is 8.49. The minimum Gasteiger partial charge on any atom is -0.520 e. The van der Waals surface area contributed by atoms with Gasteiger partial charge in [0.05, 0.1) is 5.54 Å². The van der Waals surface area contributed by atoms with Gasteiger partial charge in [0.1, 0.15) is 12.9 Å². The van der Waals surface area contributed by atoms with Crippen LogP contribution in [0.25, 0.3) is 0 Å². The standard InChI is InChI=1S/C12H19N2O4.Fm/c1-4-8-18-11(17)14(3)7-5-6-12(2,9-15)13-10-16;/h4,9H,1,5-8H2,2-3H3,(H,13,16);/q-1;. The van der Waals surface area contributed by atoms with Crippen molar-refractivity contribution >= 4 is 18.8 Å². The molecule has 19 heavy (non-hydrogen) atoms. The first kappa shape index (κ1) is 18.5. The van der Waals surface area contributed by atoms with Crippen LogP contribution in [-0.4, -0.2) is 49.4 Å². The number of ether oxygens (including phenoxy) is 1. The average Bonchev–Trinajstić information content (AvgIpc) is 2.36. The van der Waals surface area contributed by atoms with Crippen LogP contribution in [0.4, 0.5) is 4.79 Å². The largest absolute Gasteiger partial charge is 0.520 e. The molecule has 0 aromatic rings. The molecule has 1 unspecified atom stereocenters. The van der Waals surface area contributed by atoms with Crippen molar-refractivity contribution in [3.63, 3.8) is 0 Å². The SMILES string of the molecule is C=CCOC(=O)N(C)CCCC(C)(C=O)N[C-]=O.[Fm]. The van der Waals surface area contributed by atoms with E-state index in [0.29, 0.717) is 25.7 Å². The molecule has 0 aromatic carbocycles. The number of nitrogens with zero attached hydrogens (tertiary/aromatic N) is 1. The summed E-state index contributed by atoms with van der Waals surface area (Å²) >= 11 is 0. The molecule has 0 saturated heterocycles. The van der Waals surface area contributed by atoms with Gasteiger partial charge in [-0.1, -0.05) is 12.7 Å². The summed E-state index contributed by atoms with van der Waals surface area (Å²) in [5.74, 6) is 0. The molecule has 2 amide bonds. The second-order valence-electron chi connectivity index (χ2n) is 4.15. The van der Waals surface area contributed by atoms with E-state index in [1.54, 1.807) is 14.0 Å². The summed E-state index contributed by atoms with van der Waals surface area (Å²) in [6.07, 6.45) is 4.18. The zero-order valence-electron chi connectivity index (χ0n) is 11.1. The second-order valence-corrected chi connectivity index (χ2v) is 4.15. The average molecular weight is 512 g/mol. The minimum absolute atomic E-state index is 0. The Kier molecular flexibility index (Phi) is 8.97. The predicted octanol–water partition coefficient (Wildman–Crippen LogP) is 0.635. The van der Waals surface area contributed by atoms with E-state index in [-0.39, 0.29) is 6.61 Å². The Balaban J connectivity index is 0. The van der Waals surface area contributed by atoms with Gasteiger partial charge in [-0.25, -0.2) is 4.79 Å². The van der Waals surface area contributed by atoms with E-state index in [2.05, 4.69) is 11.9 Å². The maximum atomic E-state index is 11.4. The molecular weight excluding hydrogens is 493 g/mol. The van der Waals surface area contributed by atoms with Crippen molar-refractivity contribution in [2.45, 2.75) is 25.3 Å². The van der Waals surface area contributed by atoms with E-state index in [1.807, 2.05) is 0 Å². The summed E-state index contributed by atoms with van der Waals surface area (Å²) in [5.41, 5.74) is -0.937. The van der Waals surface area contributed by atoms with Gasteiger partial charge in [-0.2, -0.15) is 6.41 Å². The maximum Gasteiger partial charge on any atom is 0.409 e. The second kappa shape index (κ2) is 9.21. The molecule has 0 fully saturated rings. The number of amides is 2. The number of nitrogens with one attached hydrogen (secondary N) is 1. The minimum atomic E-state index is -0.937. The number of carbonyl (C=O) groups excluding carboxylic acids is 3. The van der Waals surface area contributed by atoms with Crippen molar-refractivity contribution in [2.24, 2.45) is 0 Å². The summed E-state index contributed by atoms with van der Waals surface area (Å²) in [7, 11) is 1.60. The predicted molar refractivity (Wildman–Crippen MR) is 66.7 cm³/mol. The Morgan fingerprint density at radius 3 is 2.68 bits per heavy atom. The molecule has 0 bridgehead atoms. The van der Waals surface area contributed by atoms with Crippen LogP contribution in [0.5, 0.6) is 0 Å². The van der Waals surface area contributed by atoms with Crippen molar-refractivity contribution in [3.8, 4) is 0 Å². The molecule has 0 rings (SSSR count). The van der Waals surface area contributed by atoms with Gasteiger partial charge in [0.25, 0.3) is 0 Å². The van der Waals surface area contributed by atoms with Gasteiger partial charge in [-0.05, 0) is 19.8 Å². The van der Waals surface area contributed by atoms with Crippen molar-refractivity contribution in [2.75, 3.05) is 20.2 Å². The summed E-state index contributed by atoms with van der Waals surface area (Å²) in [5, 5.41) is 2.32. The fourth-order valence-corrected chi connectivity index (χ4v) is 1.28. The van der Waals surface area contributed by atoms with Crippen LogP contribution in [-0.2, 0) is 14.3 Å². The Hall–Kier alpha value is -2.85. The van der Waals surface area contributed by atoms with Crippen LogP contribution < -0.4 is 5.32 Å². The number of carbonyl (C=O) groups is 2. The van der Waals surface area contributed by atoms with Gasteiger partial charge in [0.15, 0.2) is 0 Å². The summed E-state index contributed by atoms with van der Waals surface area (Å²) in [4.78, 5) is 33.8. The zero-order valence-corrected chi connectivity index (χ0v) is 13.5. The van der Waals surface area contributed by atoms with Gasteiger partial charge < -0.3 is 24.5 Å². The number of rotatable bonds is 9. The number of hydrogen-bond acceptors (Lipinski definition) is 4. The Bertz CT molecular complexity index is 312. The van der Waals surface area contributed by atoms with E-state index in [0.717, 1.165) is 0 Å². The van der Waals surface area contributed by atoms with Crippen LogP contribution >= 0.6 is 0 Å². The molecular formula is C12H19FmN2O4-. The molecule has 1 N–H and O–H groups in total. The van der Waals surface area contributed by atoms with Crippen LogP contribution in [0.1, 0.15) is 19.8 Å². The molecule has 0 heterocycles. The first-order valence-corrected chi connectivity index (χ1v) is 5.58. The first-order valence-electron chi connectivity index (χ1n) is 5.58. The quantitative estimate of drug-likeness (QED) is 0.213. The summed E-state index contributed by atoms with van der Waals surface area (Å²) in [6.45, 7) is 5.63. The normalized spacial score (nSPS) is 12.3. The molecule has 114 valence electrons. The topological polar surface area (TPSA) is 75.7 Å². The molecule has 0 aromatic heterocycles. The van der Waals surface area contributed by atoms with E-state index in [9.17, 15) is 14.4 Å². The van der Waals surface area contributed by atoms with Crippen LogP contribution in [0, 0.1) is 0 Å². The molecule has 0 aliphatic rings. The van der Waals surface area contributed by atoms with Gasteiger partial charge in [-0.3, -0.25) is 0 Å². The molecule has 0 aliphatic heterocycles. The maximum absolute atomic E-state index is 11.4. The van der Waals surface area contributed by atoms with Crippen molar-refractivity contribution in [1.29, 1.82) is 0 Å².